The van der Waals surface area contributed by atoms with E-state index in [9.17, 15) is 8.78 Å². The molecule has 2 aromatic rings. The number of nitrogens with one attached hydrogen (secondary N) is 1. The molecule has 1 aromatic heterocycles. The Morgan fingerprint density at radius 1 is 1.32 bits per heavy atom. The van der Waals surface area contributed by atoms with Crippen molar-refractivity contribution in [1.82, 2.24) is 15.2 Å². The van der Waals surface area contributed by atoms with Gasteiger partial charge >= 0.3 is 0 Å². The van der Waals surface area contributed by atoms with Crippen LogP contribution in [-0.4, -0.2) is 43.1 Å². The molecule has 0 aliphatic heterocycles. The minimum Gasteiger partial charge on any atom is -0.375 e. The van der Waals surface area contributed by atoms with Crippen LogP contribution in [0.4, 0.5) is 8.78 Å². The van der Waals surface area contributed by atoms with Crippen LogP contribution in [0.2, 0.25) is 0 Å². The second-order valence-electron chi connectivity index (χ2n) is 6.17. The monoisotopic (exact) mass is 524 g/mol. The van der Waals surface area contributed by atoms with Gasteiger partial charge in [-0.3, -0.25) is 4.99 Å². The summed E-state index contributed by atoms with van der Waals surface area (Å²) in [4.78, 5) is 11.1. The molecule has 0 aliphatic rings. The summed E-state index contributed by atoms with van der Waals surface area (Å²) in [7, 11) is 3.60. The summed E-state index contributed by atoms with van der Waals surface area (Å²) in [6.07, 6.45) is 0.437. The second kappa shape index (κ2) is 12.3. The summed E-state index contributed by atoms with van der Waals surface area (Å²) in [5.74, 6) is -0.408. The van der Waals surface area contributed by atoms with Gasteiger partial charge in [0.15, 0.2) is 5.96 Å². The van der Waals surface area contributed by atoms with Crippen LogP contribution in [0.15, 0.2) is 28.6 Å². The third-order valence-electron chi connectivity index (χ3n) is 3.95. The highest BCUT2D eigenvalue weighted by Crippen LogP contribution is 2.21. The number of nitrogens with zero attached hydrogens (tertiary/aromatic N) is 3. The van der Waals surface area contributed by atoms with Gasteiger partial charge in [0.1, 0.15) is 22.7 Å². The van der Waals surface area contributed by atoms with Crippen LogP contribution in [0.5, 0.6) is 0 Å². The Balaban J connectivity index is 0.00000392. The molecule has 0 saturated carbocycles. The Labute approximate surface area is 186 Å². The maximum absolute atomic E-state index is 13.3. The molecule has 2 rings (SSSR count). The zero-order valence-electron chi connectivity index (χ0n) is 16.5. The lowest BCUT2D eigenvalue weighted by Crippen LogP contribution is -2.38. The lowest BCUT2D eigenvalue weighted by molar-refractivity contribution is 0.119. The van der Waals surface area contributed by atoms with Crippen LogP contribution < -0.4 is 5.32 Å². The van der Waals surface area contributed by atoms with E-state index < -0.39 is 11.6 Å². The van der Waals surface area contributed by atoms with E-state index in [-0.39, 0.29) is 30.1 Å². The maximum Gasteiger partial charge on any atom is 0.194 e. The number of methoxy groups -OCH3 is 1. The number of guanidine groups is 1. The summed E-state index contributed by atoms with van der Waals surface area (Å²) >= 11 is 1.57. The van der Waals surface area contributed by atoms with Gasteiger partial charge in [0, 0.05) is 38.7 Å². The van der Waals surface area contributed by atoms with Crippen molar-refractivity contribution in [3.63, 3.8) is 0 Å². The van der Waals surface area contributed by atoms with Crippen LogP contribution in [0.25, 0.3) is 0 Å². The van der Waals surface area contributed by atoms with E-state index in [4.69, 9.17) is 4.74 Å². The lowest BCUT2D eigenvalue weighted by atomic mass is 10.1. The van der Waals surface area contributed by atoms with Crippen molar-refractivity contribution in [2.24, 2.45) is 4.99 Å². The Morgan fingerprint density at radius 3 is 2.61 bits per heavy atom. The smallest absolute Gasteiger partial charge is 0.194 e. The molecule has 0 spiro atoms. The van der Waals surface area contributed by atoms with Gasteiger partial charge in [0.05, 0.1) is 12.2 Å². The number of benzene rings is 1. The number of halogens is 3. The number of hydrogen-bond acceptors (Lipinski definition) is 4. The fourth-order valence-electron chi connectivity index (χ4n) is 2.52. The predicted molar refractivity (Wildman–Crippen MR) is 120 cm³/mol. The minimum absolute atomic E-state index is 0. The van der Waals surface area contributed by atoms with E-state index in [0.717, 1.165) is 29.3 Å². The van der Waals surface area contributed by atoms with E-state index in [1.165, 1.54) is 12.1 Å². The molecule has 0 amide bonds. The number of aliphatic imine (C=N–C) groups is 1. The molecule has 28 heavy (non-hydrogen) atoms. The summed E-state index contributed by atoms with van der Waals surface area (Å²) in [5.41, 5.74) is 1.53. The van der Waals surface area contributed by atoms with Crippen molar-refractivity contribution in [1.29, 1.82) is 0 Å². The highest BCUT2D eigenvalue weighted by Gasteiger charge is 2.12. The molecule has 0 saturated heterocycles. The average Bonchev–Trinajstić information content (AvgIpc) is 3.08. The molecule has 0 bridgehead atoms. The Morgan fingerprint density at radius 2 is 2.00 bits per heavy atom. The van der Waals surface area contributed by atoms with E-state index >= 15 is 0 Å². The highest BCUT2D eigenvalue weighted by atomic mass is 127. The van der Waals surface area contributed by atoms with Crippen molar-refractivity contribution in [3.8, 4) is 0 Å². The van der Waals surface area contributed by atoms with Crippen LogP contribution >= 0.6 is 35.3 Å². The van der Waals surface area contributed by atoms with E-state index in [2.05, 4.69) is 15.3 Å². The van der Waals surface area contributed by atoms with E-state index in [0.29, 0.717) is 25.1 Å². The van der Waals surface area contributed by atoms with Gasteiger partial charge in [-0.05, 0) is 38.0 Å². The average molecular weight is 524 g/mol. The first kappa shape index (κ1) is 24.7. The standard InChI is InChI=1S/C19H26F2N4OS.HI/c1-5-22-19(23-7-6-14-8-15(20)10-16(21)9-14)25(3)11-17-12-27-18(24-17)13(2)26-4;/h8-10,12-13H,5-7,11H2,1-4H3,(H,22,23);1H. The molecule has 1 aromatic carbocycles. The molecule has 1 heterocycles. The SMILES string of the molecule is CCNC(=NCCc1cc(F)cc(F)c1)N(C)Cc1csc(C(C)OC)n1.I. The van der Waals surface area contributed by atoms with Gasteiger partial charge in [-0.1, -0.05) is 0 Å². The van der Waals surface area contributed by atoms with E-state index in [1.54, 1.807) is 18.4 Å². The second-order valence-corrected chi connectivity index (χ2v) is 7.06. The summed E-state index contributed by atoms with van der Waals surface area (Å²) in [6, 6.07) is 3.54. The number of rotatable bonds is 8. The van der Waals surface area contributed by atoms with Crippen molar-refractivity contribution in [2.75, 3.05) is 27.2 Å². The third-order valence-corrected chi connectivity index (χ3v) is 5.01. The van der Waals surface area contributed by atoms with Crippen LogP contribution in [-0.2, 0) is 17.7 Å². The fraction of sp³-hybridized carbons (Fsp3) is 0.474. The topological polar surface area (TPSA) is 49.8 Å². The van der Waals surface area contributed by atoms with Crippen molar-refractivity contribution in [2.45, 2.75) is 32.9 Å². The minimum atomic E-state index is -0.567. The number of aromatic nitrogens is 1. The number of hydrogen-bond donors (Lipinski definition) is 1. The zero-order chi connectivity index (χ0) is 19.8. The van der Waals surface area contributed by atoms with Crippen molar-refractivity contribution in [3.05, 3.63) is 51.5 Å². The quantitative estimate of drug-likeness (QED) is 0.316. The maximum atomic E-state index is 13.3. The molecule has 5 nitrogen and oxygen atoms in total. The van der Waals surface area contributed by atoms with Gasteiger partial charge in [0.25, 0.3) is 0 Å². The van der Waals surface area contributed by atoms with Crippen molar-refractivity contribution >= 4 is 41.3 Å². The molecular weight excluding hydrogens is 497 g/mol. The summed E-state index contributed by atoms with van der Waals surface area (Å²) < 4.78 is 31.9. The molecule has 156 valence electrons. The van der Waals surface area contributed by atoms with Crippen molar-refractivity contribution < 1.29 is 13.5 Å². The Kier molecular flexibility index (Phi) is 10.8. The third kappa shape index (κ3) is 7.59. The van der Waals surface area contributed by atoms with E-state index in [1.807, 2.05) is 31.2 Å². The van der Waals surface area contributed by atoms with Crippen LogP contribution in [0.1, 0.15) is 36.2 Å². The summed E-state index contributed by atoms with van der Waals surface area (Å²) in [6.45, 7) is 5.71. The van der Waals surface area contributed by atoms with Gasteiger partial charge < -0.3 is 15.0 Å². The molecule has 0 fully saturated rings. The Bertz CT molecular complexity index is 752. The fourth-order valence-corrected chi connectivity index (χ4v) is 3.36. The predicted octanol–water partition coefficient (Wildman–Crippen LogP) is 4.39. The number of ether oxygens (including phenoxy) is 1. The largest absolute Gasteiger partial charge is 0.375 e. The normalized spacial score (nSPS) is 12.4. The molecule has 1 N–H and O–H groups in total. The molecule has 0 radical (unpaired) electrons. The molecular formula is C19H27F2IN4OS. The summed E-state index contributed by atoms with van der Waals surface area (Å²) in [5, 5.41) is 6.19. The highest BCUT2D eigenvalue weighted by molar-refractivity contribution is 14.0. The van der Waals surface area contributed by atoms with Gasteiger partial charge in [-0.2, -0.15) is 0 Å². The molecule has 9 heteroatoms. The molecule has 1 unspecified atom stereocenters. The van der Waals surface area contributed by atoms with Crippen LogP contribution in [0, 0.1) is 11.6 Å². The zero-order valence-corrected chi connectivity index (χ0v) is 19.7. The van der Waals surface area contributed by atoms with Gasteiger partial charge in [-0.15, -0.1) is 35.3 Å². The molecule has 1 atom stereocenters. The van der Waals surface area contributed by atoms with Gasteiger partial charge in [0.2, 0.25) is 0 Å². The van der Waals surface area contributed by atoms with Crippen LogP contribution in [0.3, 0.4) is 0 Å². The first-order valence-electron chi connectivity index (χ1n) is 8.84. The Hall–Kier alpha value is -1.33. The lowest BCUT2D eigenvalue weighted by Gasteiger charge is -2.21. The first-order chi connectivity index (χ1) is 12.9. The molecule has 0 aliphatic carbocycles. The number of thiazole rings is 1. The first-order valence-corrected chi connectivity index (χ1v) is 9.72. The van der Waals surface area contributed by atoms with Gasteiger partial charge in [-0.25, -0.2) is 13.8 Å².